The Kier molecular flexibility index (Phi) is 6.27. The van der Waals surface area contributed by atoms with Gasteiger partial charge in [-0.25, -0.2) is 4.98 Å². The van der Waals surface area contributed by atoms with Crippen molar-refractivity contribution < 1.29 is 19.1 Å². The molecule has 0 atom stereocenters. The number of benzene rings is 1. The van der Waals surface area contributed by atoms with Gasteiger partial charge in [-0.15, -0.1) is 0 Å². The molecule has 0 radical (unpaired) electrons. The molecule has 0 unspecified atom stereocenters. The fourth-order valence-corrected chi connectivity index (χ4v) is 4.30. The highest BCUT2D eigenvalue weighted by atomic mass is 16.5. The zero-order chi connectivity index (χ0) is 24.4. The van der Waals surface area contributed by atoms with Crippen molar-refractivity contribution >= 4 is 16.9 Å². The molecule has 1 saturated heterocycles. The predicted molar refractivity (Wildman–Crippen MR) is 131 cm³/mol. The van der Waals surface area contributed by atoms with E-state index in [1.165, 1.54) is 13.8 Å². The maximum absolute atomic E-state index is 12.3. The minimum absolute atomic E-state index is 0.208. The number of carbonyl (C=O) groups excluding carboxylic acids is 1. The molecule has 1 amide bonds. The number of piperazine rings is 1. The second-order valence-corrected chi connectivity index (χ2v) is 9.32. The van der Waals surface area contributed by atoms with Crippen LogP contribution in [0.25, 0.3) is 22.2 Å². The van der Waals surface area contributed by atoms with E-state index in [2.05, 4.69) is 20.1 Å². The monoisotopic (exact) mass is 475 g/mol. The molecule has 1 aliphatic heterocycles. The Morgan fingerprint density at radius 3 is 2.69 bits per heavy atom. The van der Waals surface area contributed by atoms with E-state index in [9.17, 15) is 9.90 Å². The Balaban J connectivity index is 1.17. The van der Waals surface area contributed by atoms with E-state index in [0.717, 1.165) is 53.8 Å². The highest BCUT2D eigenvalue weighted by Gasteiger charge is 2.31. The molecule has 5 rings (SSSR count). The summed E-state index contributed by atoms with van der Waals surface area (Å²) in [6.07, 6.45) is 6.10. The number of rotatable bonds is 7. The SMILES string of the molecule is CC(C)(O)C(=O)N1CCN(CCc2coc3cc(Oc4ccc(-c5ccn[nH]5)cn4)ccc23)CC1. The van der Waals surface area contributed by atoms with Crippen molar-refractivity contribution in [3.05, 3.63) is 60.6 Å². The predicted octanol–water partition coefficient (Wildman–Crippen LogP) is 3.47. The Morgan fingerprint density at radius 2 is 2.00 bits per heavy atom. The Bertz CT molecular complexity index is 1280. The lowest BCUT2D eigenvalue weighted by Gasteiger charge is -2.37. The van der Waals surface area contributed by atoms with Crippen molar-refractivity contribution in [2.24, 2.45) is 0 Å². The van der Waals surface area contributed by atoms with Gasteiger partial charge in [0, 0.05) is 68.2 Å². The van der Waals surface area contributed by atoms with Crippen LogP contribution in [0.1, 0.15) is 19.4 Å². The van der Waals surface area contributed by atoms with Crippen molar-refractivity contribution in [2.75, 3.05) is 32.7 Å². The van der Waals surface area contributed by atoms with E-state index < -0.39 is 5.60 Å². The Labute approximate surface area is 203 Å². The molecular weight excluding hydrogens is 446 g/mol. The summed E-state index contributed by atoms with van der Waals surface area (Å²) in [6, 6.07) is 11.5. The minimum atomic E-state index is -1.32. The fourth-order valence-electron chi connectivity index (χ4n) is 4.30. The minimum Gasteiger partial charge on any atom is -0.464 e. The smallest absolute Gasteiger partial charge is 0.254 e. The van der Waals surface area contributed by atoms with Gasteiger partial charge < -0.3 is 19.2 Å². The summed E-state index contributed by atoms with van der Waals surface area (Å²) in [5.41, 5.74) is 2.43. The molecule has 1 aromatic carbocycles. The Hall–Kier alpha value is -3.69. The molecule has 1 fully saturated rings. The number of pyridine rings is 1. The summed E-state index contributed by atoms with van der Waals surface area (Å²) < 4.78 is 11.7. The van der Waals surface area contributed by atoms with Gasteiger partial charge in [0.05, 0.1) is 12.0 Å². The van der Waals surface area contributed by atoms with Crippen LogP contribution in [0.15, 0.2) is 59.5 Å². The van der Waals surface area contributed by atoms with Gasteiger partial charge in [-0.2, -0.15) is 5.10 Å². The van der Waals surface area contributed by atoms with Crippen molar-refractivity contribution in [3.63, 3.8) is 0 Å². The third-order valence-corrected chi connectivity index (χ3v) is 6.28. The number of aromatic nitrogens is 3. The normalized spacial score (nSPS) is 15.0. The number of nitrogens with one attached hydrogen (secondary N) is 1. The largest absolute Gasteiger partial charge is 0.464 e. The number of aromatic amines is 1. The number of fused-ring (bicyclic) bond motifs is 1. The van der Waals surface area contributed by atoms with Crippen molar-refractivity contribution in [3.8, 4) is 22.9 Å². The molecule has 182 valence electrons. The van der Waals surface area contributed by atoms with Crippen molar-refractivity contribution in [1.29, 1.82) is 0 Å². The number of nitrogens with zero attached hydrogens (tertiary/aromatic N) is 4. The van der Waals surface area contributed by atoms with Crippen LogP contribution in [-0.4, -0.2) is 74.3 Å². The quantitative estimate of drug-likeness (QED) is 0.421. The first-order valence-electron chi connectivity index (χ1n) is 11.7. The third-order valence-electron chi connectivity index (χ3n) is 6.28. The zero-order valence-electron chi connectivity index (χ0n) is 19.9. The van der Waals surface area contributed by atoms with Crippen molar-refractivity contribution in [1.82, 2.24) is 25.0 Å². The van der Waals surface area contributed by atoms with E-state index in [-0.39, 0.29) is 5.91 Å². The average Bonchev–Trinajstić information content (AvgIpc) is 3.53. The van der Waals surface area contributed by atoms with Gasteiger partial charge in [0.15, 0.2) is 0 Å². The lowest BCUT2D eigenvalue weighted by Crippen LogP contribution is -2.54. The second-order valence-electron chi connectivity index (χ2n) is 9.32. The molecule has 0 aliphatic carbocycles. The summed E-state index contributed by atoms with van der Waals surface area (Å²) >= 11 is 0. The summed E-state index contributed by atoms with van der Waals surface area (Å²) in [5.74, 6) is 0.953. The van der Waals surface area contributed by atoms with Gasteiger partial charge in [-0.1, -0.05) is 0 Å². The molecule has 9 heteroatoms. The molecule has 0 saturated carbocycles. The summed E-state index contributed by atoms with van der Waals surface area (Å²) in [4.78, 5) is 20.7. The number of H-pyrrole nitrogens is 1. The molecule has 9 nitrogen and oxygen atoms in total. The first kappa shape index (κ1) is 23.1. The van der Waals surface area contributed by atoms with Crippen molar-refractivity contribution in [2.45, 2.75) is 25.9 Å². The maximum atomic E-state index is 12.3. The summed E-state index contributed by atoms with van der Waals surface area (Å²) in [6.45, 7) is 6.81. The van der Waals surface area contributed by atoms with Gasteiger partial charge >= 0.3 is 0 Å². The van der Waals surface area contributed by atoms with Crippen LogP contribution in [0.3, 0.4) is 0 Å². The molecule has 4 heterocycles. The molecule has 1 aliphatic rings. The molecule has 0 spiro atoms. The third kappa shape index (κ3) is 5.21. The van der Waals surface area contributed by atoms with E-state index >= 15 is 0 Å². The topological polar surface area (TPSA) is 108 Å². The van der Waals surface area contributed by atoms with Crippen LogP contribution in [0.5, 0.6) is 11.6 Å². The van der Waals surface area contributed by atoms with Gasteiger partial charge in [0.1, 0.15) is 16.9 Å². The lowest BCUT2D eigenvalue weighted by atomic mass is 10.1. The first-order chi connectivity index (χ1) is 16.9. The number of carbonyl (C=O) groups is 1. The van der Waals surface area contributed by atoms with Crippen LogP contribution in [0.4, 0.5) is 0 Å². The summed E-state index contributed by atoms with van der Waals surface area (Å²) in [5, 5.41) is 17.9. The van der Waals surface area contributed by atoms with Crippen LogP contribution in [0.2, 0.25) is 0 Å². The fraction of sp³-hybridized carbons (Fsp3) is 0.346. The molecule has 2 N–H and O–H groups in total. The average molecular weight is 476 g/mol. The molecule has 4 aromatic rings. The van der Waals surface area contributed by atoms with Gasteiger partial charge in [0.25, 0.3) is 5.91 Å². The maximum Gasteiger partial charge on any atom is 0.254 e. The van der Waals surface area contributed by atoms with E-state index in [1.54, 1.807) is 23.6 Å². The van der Waals surface area contributed by atoms with Crippen LogP contribution in [0, 0.1) is 0 Å². The van der Waals surface area contributed by atoms with E-state index in [4.69, 9.17) is 9.15 Å². The first-order valence-corrected chi connectivity index (χ1v) is 11.7. The molecular formula is C26H29N5O4. The second kappa shape index (κ2) is 9.52. The number of hydrogen-bond donors (Lipinski definition) is 2. The highest BCUT2D eigenvalue weighted by molar-refractivity contribution is 5.84. The van der Waals surface area contributed by atoms with Gasteiger partial charge in [-0.05, 0) is 50.1 Å². The lowest BCUT2D eigenvalue weighted by molar-refractivity contribution is -0.149. The number of furan rings is 1. The zero-order valence-corrected chi connectivity index (χ0v) is 19.9. The number of amides is 1. The highest BCUT2D eigenvalue weighted by Crippen LogP contribution is 2.29. The van der Waals surface area contributed by atoms with Crippen LogP contribution < -0.4 is 4.74 Å². The van der Waals surface area contributed by atoms with Gasteiger partial charge in [-0.3, -0.25) is 14.8 Å². The number of hydrogen-bond acceptors (Lipinski definition) is 7. The van der Waals surface area contributed by atoms with Crippen LogP contribution >= 0.6 is 0 Å². The number of ether oxygens (including phenoxy) is 1. The Morgan fingerprint density at radius 1 is 1.17 bits per heavy atom. The summed E-state index contributed by atoms with van der Waals surface area (Å²) in [7, 11) is 0. The van der Waals surface area contributed by atoms with Gasteiger partial charge in [0.2, 0.25) is 5.88 Å². The molecule has 3 aromatic heterocycles. The number of aliphatic hydroxyl groups is 1. The molecule has 0 bridgehead atoms. The van der Waals surface area contributed by atoms with E-state index in [0.29, 0.717) is 24.7 Å². The van der Waals surface area contributed by atoms with Crippen LogP contribution in [-0.2, 0) is 11.2 Å². The molecule has 35 heavy (non-hydrogen) atoms. The van der Waals surface area contributed by atoms with E-state index in [1.807, 2.05) is 36.4 Å². The standard InChI is InChI=1S/C26H29N5O4/c1-26(2,33)25(32)31-13-11-30(12-14-31)10-8-19-17-34-23-15-20(4-5-21(19)23)35-24-6-3-18(16-27-24)22-7-9-28-29-22/h3-7,9,15-17,33H,8,10-14H2,1-2H3,(H,28,29).